The minimum Gasteiger partial charge on any atom is -0.484 e. The van der Waals surface area contributed by atoms with E-state index < -0.39 is 0 Å². The van der Waals surface area contributed by atoms with Crippen LogP contribution in [0.15, 0.2) is 66.7 Å². The van der Waals surface area contributed by atoms with Crippen molar-refractivity contribution in [3.8, 4) is 16.3 Å². The van der Waals surface area contributed by atoms with Crippen molar-refractivity contribution in [2.24, 2.45) is 0 Å². The van der Waals surface area contributed by atoms with Gasteiger partial charge in [-0.1, -0.05) is 42.5 Å². The monoisotopic (exact) mass is 470 g/mol. The maximum Gasteiger partial charge on any atom is 0.262 e. The average molecular weight is 471 g/mol. The third-order valence-electron chi connectivity index (χ3n) is 6.02. The lowest BCUT2D eigenvalue weighted by Crippen LogP contribution is -2.20. The Morgan fingerprint density at radius 2 is 1.76 bits per heavy atom. The molecule has 0 saturated carbocycles. The van der Waals surface area contributed by atoms with E-state index in [1.807, 2.05) is 54.6 Å². The first-order valence-corrected chi connectivity index (χ1v) is 12.8. The number of amides is 1. The molecule has 1 N–H and O–H groups in total. The van der Waals surface area contributed by atoms with Gasteiger partial charge in [0.2, 0.25) is 0 Å². The smallest absolute Gasteiger partial charge is 0.262 e. The van der Waals surface area contributed by atoms with Gasteiger partial charge in [-0.25, -0.2) is 4.98 Å². The molecule has 3 aromatic carbocycles. The summed E-state index contributed by atoms with van der Waals surface area (Å²) >= 11 is 3.39. The number of nitrogens with one attached hydrogen (secondary N) is 1. The van der Waals surface area contributed by atoms with Crippen molar-refractivity contribution < 1.29 is 9.53 Å². The molecule has 2 heterocycles. The zero-order chi connectivity index (χ0) is 22.2. The average Bonchev–Trinajstić information content (AvgIpc) is 3.43. The SMILES string of the molecule is O=C(COc1ccc2ccccc2c1)Nc1sc2c(c1-c1nc3ccccc3s1)CCCC2. The van der Waals surface area contributed by atoms with Crippen LogP contribution in [0.25, 0.3) is 31.6 Å². The number of anilines is 1. The molecule has 0 radical (unpaired) electrons. The highest BCUT2D eigenvalue weighted by Crippen LogP contribution is 2.46. The van der Waals surface area contributed by atoms with E-state index in [0.29, 0.717) is 5.75 Å². The quantitative estimate of drug-likeness (QED) is 0.299. The molecule has 164 valence electrons. The standard InChI is InChI=1S/C27H22N2O2S2/c30-24(16-31-19-14-13-17-7-1-2-8-18(17)15-19)29-27-25(20-9-3-5-11-22(20)32-27)26-28-21-10-4-6-12-23(21)33-26/h1-2,4,6-8,10,12-15H,3,5,9,11,16H2,(H,29,30). The first-order valence-electron chi connectivity index (χ1n) is 11.2. The van der Waals surface area contributed by atoms with Crippen LogP contribution in [0.2, 0.25) is 0 Å². The van der Waals surface area contributed by atoms with Crippen molar-refractivity contribution in [2.75, 3.05) is 11.9 Å². The van der Waals surface area contributed by atoms with Gasteiger partial charge in [0, 0.05) is 10.4 Å². The molecule has 0 fully saturated rings. The van der Waals surface area contributed by atoms with Crippen LogP contribution >= 0.6 is 22.7 Å². The van der Waals surface area contributed by atoms with Crippen LogP contribution in [-0.4, -0.2) is 17.5 Å². The number of rotatable bonds is 5. The van der Waals surface area contributed by atoms with Crippen LogP contribution in [0.1, 0.15) is 23.3 Å². The van der Waals surface area contributed by atoms with Crippen molar-refractivity contribution in [2.45, 2.75) is 25.7 Å². The number of ether oxygens (including phenoxy) is 1. The first-order chi connectivity index (χ1) is 16.2. The van der Waals surface area contributed by atoms with E-state index in [1.54, 1.807) is 22.7 Å². The largest absolute Gasteiger partial charge is 0.484 e. The molecule has 5 aromatic rings. The Morgan fingerprint density at radius 3 is 2.67 bits per heavy atom. The Bertz CT molecular complexity index is 1450. The fourth-order valence-electron chi connectivity index (χ4n) is 4.43. The topological polar surface area (TPSA) is 51.2 Å². The Balaban J connectivity index is 1.26. The van der Waals surface area contributed by atoms with E-state index in [4.69, 9.17) is 9.72 Å². The van der Waals surface area contributed by atoms with E-state index in [1.165, 1.54) is 28.0 Å². The molecule has 0 aliphatic heterocycles. The van der Waals surface area contributed by atoms with Gasteiger partial charge in [-0.05, 0) is 66.3 Å². The van der Waals surface area contributed by atoms with Crippen molar-refractivity contribution in [3.05, 3.63) is 77.2 Å². The minimum absolute atomic E-state index is 0.0276. The second-order valence-corrected chi connectivity index (χ2v) is 10.4. The Labute approximate surface area is 199 Å². The molecule has 4 nitrogen and oxygen atoms in total. The van der Waals surface area contributed by atoms with E-state index in [0.717, 1.165) is 44.7 Å². The highest BCUT2D eigenvalue weighted by Gasteiger charge is 2.25. The zero-order valence-electron chi connectivity index (χ0n) is 18.0. The number of thiophene rings is 1. The molecule has 6 heteroatoms. The number of aryl methyl sites for hydroxylation is 1. The highest BCUT2D eigenvalue weighted by molar-refractivity contribution is 7.22. The van der Waals surface area contributed by atoms with Crippen LogP contribution in [0.5, 0.6) is 5.75 Å². The van der Waals surface area contributed by atoms with E-state index in [2.05, 4.69) is 17.4 Å². The van der Waals surface area contributed by atoms with Crippen LogP contribution in [-0.2, 0) is 17.6 Å². The molecule has 0 bridgehead atoms. The molecule has 1 aliphatic rings. The number of hydrogen-bond donors (Lipinski definition) is 1. The number of thiazole rings is 1. The van der Waals surface area contributed by atoms with Crippen molar-refractivity contribution in [1.82, 2.24) is 4.98 Å². The number of nitrogens with zero attached hydrogens (tertiary/aromatic N) is 1. The molecule has 2 aromatic heterocycles. The van der Waals surface area contributed by atoms with Gasteiger partial charge in [-0.3, -0.25) is 4.79 Å². The van der Waals surface area contributed by atoms with Gasteiger partial charge >= 0.3 is 0 Å². The normalized spacial score (nSPS) is 13.2. The lowest BCUT2D eigenvalue weighted by atomic mass is 9.96. The number of carbonyl (C=O) groups is 1. The molecular weight excluding hydrogens is 448 g/mol. The number of fused-ring (bicyclic) bond motifs is 3. The Morgan fingerprint density at radius 1 is 0.939 bits per heavy atom. The number of hydrogen-bond acceptors (Lipinski definition) is 5. The van der Waals surface area contributed by atoms with E-state index >= 15 is 0 Å². The van der Waals surface area contributed by atoms with Crippen LogP contribution in [0.3, 0.4) is 0 Å². The van der Waals surface area contributed by atoms with Crippen molar-refractivity contribution >= 4 is 54.6 Å². The van der Waals surface area contributed by atoms with Crippen LogP contribution in [0.4, 0.5) is 5.00 Å². The van der Waals surface area contributed by atoms with Gasteiger partial charge in [-0.15, -0.1) is 22.7 Å². The maximum atomic E-state index is 12.9. The summed E-state index contributed by atoms with van der Waals surface area (Å²) in [4.78, 5) is 19.1. The summed E-state index contributed by atoms with van der Waals surface area (Å²) in [5.74, 6) is 0.546. The summed E-state index contributed by atoms with van der Waals surface area (Å²) in [5.41, 5.74) is 3.47. The van der Waals surface area contributed by atoms with Crippen LogP contribution in [0, 0.1) is 0 Å². The van der Waals surface area contributed by atoms with Crippen molar-refractivity contribution in [3.63, 3.8) is 0 Å². The van der Waals surface area contributed by atoms with Crippen molar-refractivity contribution in [1.29, 1.82) is 0 Å². The zero-order valence-corrected chi connectivity index (χ0v) is 19.6. The molecule has 0 atom stereocenters. The van der Waals surface area contributed by atoms with Crippen LogP contribution < -0.4 is 10.1 Å². The minimum atomic E-state index is -0.149. The second-order valence-electron chi connectivity index (χ2n) is 8.25. The predicted octanol–water partition coefficient (Wildman–Crippen LogP) is 7.07. The highest BCUT2D eigenvalue weighted by atomic mass is 32.1. The first kappa shape index (κ1) is 20.4. The summed E-state index contributed by atoms with van der Waals surface area (Å²) in [6.07, 6.45) is 4.49. The van der Waals surface area contributed by atoms with Gasteiger partial charge in [0.05, 0.1) is 10.2 Å². The summed E-state index contributed by atoms with van der Waals surface area (Å²) in [6, 6.07) is 22.2. The molecule has 1 amide bonds. The maximum absolute atomic E-state index is 12.9. The number of aromatic nitrogens is 1. The number of carbonyl (C=O) groups excluding carboxylic acids is 1. The molecule has 0 spiro atoms. The molecule has 33 heavy (non-hydrogen) atoms. The fraction of sp³-hybridized carbons (Fsp3) is 0.185. The van der Waals surface area contributed by atoms with Gasteiger partial charge in [-0.2, -0.15) is 0 Å². The second kappa shape index (κ2) is 8.61. The summed E-state index contributed by atoms with van der Waals surface area (Å²) in [6.45, 7) is -0.0276. The molecule has 6 rings (SSSR count). The van der Waals surface area contributed by atoms with Gasteiger partial charge in [0.25, 0.3) is 5.91 Å². The van der Waals surface area contributed by atoms with E-state index in [-0.39, 0.29) is 12.5 Å². The lowest BCUT2D eigenvalue weighted by molar-refractivity contribution is -0.118. The Hall–Kier alpha value is -3.22. The third kappa shape index (κ3) is 4.01. The summed E-state index contributed by atoms with van der Waals surface area (Å²) in [7, 11) is 0. The number of benzene rings is 3. The summed E-state index contributed by atoms with van der Waals surface area (Å²) < 4.78 is 6.99. The van der Waals surface area contributed by atoms with Gasteiger partial charge < -0.3 is 10.1 Å². The molecular formula is C27H22N2O2S2. The van der Waals surface area contributed by atoms with E-state index in [9.17, 15) is 4.79 Å². The molecule has 0 saturated heterocycles. The van der Waals surface area contributed by atoms with Gasteiger partial charge in [0.15, 0.2) is 6.61 Å². The predicted molar refractivity (Wildman–Crippen MR) is 138 cm³/mol. The molecule has 1 aliphatic carbocycles. The summed E-state index contributed by atoms with van der Waals surface area (Å²) in [5, 5.41) is 7.27. The lowest BCUT2D eigenvalue weighted by Gasteiger charge is -2.12. The Kier molecular flexibility index (Phi) is 5.32. The fourth-order valence-corrected chi connectivity index (χ4v) is 6.84. The third-order valence-corrected chi connectivity index (χ3v) is 8.28. The molecule has 0 unspecified atom stereocenters. The number of para-hydroxylation sites is 1. The van der Waals surface area contributed by atoms with Gasteiger partial charge in [0.1, 0.15) is 15.8 Å².